The first-order chi connectivity index (χ1) is 9.94. The number of ether oxygens (including phenoxy) is 2. The van der Waals surface area contributed by atoms with Crippen LogP contribution in [0.1, 0.15) is 51.8 Å². The summed E-state index contributed by atoms with van der Waals surface area (Å²) in [7, 11) is 0. The van der Waals surface area contributed by atoms with Crippen molar-refractivity contribution in [2.45, 2.75) is 78.4 Å². The molecule has 0 aromatic carbocycles. The summed E-state index contributed by atoms with van der Waals surface area (Å²) in [5.74, 6) is 0.729. The van der Waals surface area contributed by atoms with Gasteiger partial charge in [0.15, 0.2) is 0 Å². The maximum absolute atomic E-state index is 6.05. The summed E-state index contributed by atoms with van der Waals surface area (Å²) < 4.78 is 11.8. The van der Waals surface area contributed by atoms with Crippen molar-refractivity contribution < 1.29 is 9.47 Å². The predicted molar refractivity (Wildman–Crippen MR) is 84.6 cm³/mol. The number of aryl methyl sites for hydroxylation is 1. The highest BCUT2D eigenvalue weighted by Gasteiger charge is 2.26. The van der Waals surface area contributed by atoms with Crippen LogP contribution in [0, 0.1) is 6.92 Å². The smallest absolute Gasteiger partial charge is 0.213 e. The number of hydrogen-bond donors (Lipinski definition) is 1. The lowest BCUT2D eigenvalue weighted by atomic mass is 10.0. The molecule has 0 spiro atoms. The Kier molecular flexibility index (Phi) is 5.59. The Morgan fingerprint density at radius 1 is 1.29 bits per heavy atom. The molecule has 2 rings (SSSR count). The zero-order chi connectivity index (χ0) is 15.4. The van der Waals surface area contributed by atoms with E-state index in [1.54, 1.807) is 0 Å². The van der Waals surface area contributed by atoms with Crippen molar-refractivity contribution in [3.8, 4) is 5.88 Å². The summed E-state index contributed by atoms with van der Waals surface area (Å²) >= 11 is 0. The average Bonchev–Trinajstić information content (AvgIpc) is 2.36. The van der Waals surface area contributed by atoms with E-state index in [0.29, 0.717) is 6.04 Å². The van der Waals surface area contributed by atoms with Crippen molar-refractivity contribution in [2.24, 2.45) is 0 Å². The van der Waals surface area contributed by atoms with E-state index in [9.17, 15) is 0 Å². The molecule has 2 heterocycles. The molecule has 118 valence electrons. The zero-order valence-corrected chi connectivity index (χ0v) is 13.8. The summed E-state index contributed by atoms with van der Waals surface area (Å²) in [6, 6.07) is 4.57. The van der Waals surface area contributed by atoms with Crippen LogP contribution in [0.25, 0.3) is 0 Å². The summed E-state index contributed by atoms with van der Waals surface area (Å²) in [5.41, 5.74) is 2.26. The van der Waals surface area contributed by atoms with Gasteiger partial charge < -0.3 is 14.8 Å². The van der Waals surface area contributed by atoms with Crippen LogP contribution in [0.5, 0.6) is 5.88 Å². The van der Waals surface area contributed by atoms with Crippen molar-refractivity contribution in [2.75, 3.05) is 0 Å². The highest BCUT2D eigenvalue weighted by atomic mass is 16.5. The fraction of sp³-hybridized carbons (Fsp3) is 0.706. The second-order valence-corrected chi connectivity index (χ2v) is 6.40. The van der Waals surface area contributed by atoms with Gasteiger partial charge in [-0.05, 0) is 26.3 Å². The van der Waals surface area contributed by atoms with E-state index >= 15 is 0 Å². The molecule has 1 aromatic heterocycles. The van der Waals surface area contributed by atoms with Gasteiger partial charge in [-0.15, -0.1) is 0 Å². The molecule has 1 aliphatic heterocycles. The van der Waals surface area contributed by atoms with E-state index in [1.807, 2.05) is 13.0 Å². The fourth-order valence-electron chi connectivity index (χ4n) is 2.74. The van der Waals surface area contributed by atoms with Crippen molar-refractivity contribution >= 4 is 0 Å². The second kappa shape index (κ2) is 7.23. The van der Waals surface area contributed by atoms with E-state index in [2.05, 4.69) is 44.1 Å². The Bertz CT molecular complexity index is 452. The molecule has 4 nitrogen and oxygen atoms in total. The van der Waals surface area contributed by atoms with Gasteiger partial charge in [0, 0.05) is 37.2 Å². The monoisotopic (exact) mass is 292 g/mol. The molecule has 4 heteroatoms. The molecule has 1 N–H and O–H groups in total. The molecule has 1 aromatic rings. The van der Waals surface area contributed by atoms with Crippen LogP contribution in [-0.4, -0.2) is 29.3 Å². The van der Waals surface area contributed by atoms with E-state index in [0.717, 1.165) is 31.0 Å². The molecule has 0 saturated carbocycles. The average molecular weight is 292 g/mol. The molecule has 21 heavy (non-hydrogen) atoms. The van der Waals surface area contributed by atoms with E-state index in [-0.39, 0.29) is 18.3 Å². The van der Waals surface area contributed by atoms with Gasteiger partial charge in [-0.1, -0.05) is 19.9 Å². The molecule has 0 radical (unpaired) electrons. The standard InChI is InChI=1S/C17H28N2O2/c1-11(2)18-10-15-6-7-17(19-14(15)5)21-16-8-12(3)20-13(4)9-16/h6-7,11-13,16,18H,8-10H2,1-5H3. The molecule has 0 aliphatic carbocycles. The lowest BCUT2D eigenvalue weighted by Crippen LogP contribution is -2.35. The number of aromatic nitrogens is 1. The van der Waals surface area contributed by atoms with Gasteiger partial charge in [-0.25, -0.2) is 4.98 Å². The Labute approximate surface area is 128 Å². The van der Waals surface area contributed by atoms with Crippen molar-refractivity contribution in [3.63, 3.8) is 0 Å². The topological polar surface area (TPSA) is 43.4 Å². The third-order valence-electron chi connectivity index (χ3n) is 3.81. The van der Waals surface area contributed by atoms with Gasteiger partial charge in [-0.3, -0.25) is 0 Å². The Morgan fingerprint density at radius 2 is 1.95 bits per heavy atom. The lowest BCUT2D eigenvalue weighted by Gasteiger charge is -2.32. The summed E-state index contributed by atoms with van der Waals surface area (Å²) in [6.45, 7) is 11.4. The van der Waals surface area contributed by atoms with Gasteiger partial charge in [0.05, 0.1) is 12.2 Å². The van der Waals surface area contributed by atoms with E-state index in [4.69, 9.17) is 9.47 Å². The summed E-state index contributed by atoms with van der Waals surface area (Å²) in [4.78, 5) is 4.59. The van der Waals surface area contributed by atoms with Crippen LogP contribution < -0.4 is 10.1 Å². The van der Waals surface area contributed by atoms with Crippen LogP contribution in [0.3, 0.4) is 0 Å². The quantitative estimate of drug-likeness (QED) is 0.905. The first-order valence-electron chi connectivity index (χ1n) is 7.96. The normalized spacial score (nSPS) is 26.1. The van der Waals surface area contributed by atoms with E-state index < -0.39 is 0 Å². The molecule has 1 saturated heterocycles. The van der Waals surface area contributed by atoms with Gasteiger partial charge in [0.1, 0.15) is 6.10 Å². The van der Waals surface area contributed by atoms with Crippen LogP contribution in [0.4, 0.5) is 0 Å². The molecule has 0 amide bonds. The molecular formula is C17H28N2O2. The van der Waals surface area contributed by atoms with Crippen LogP contribution in [0.2, 0.25) is 0 Å². The third-order valence-corrected chi connectivity index (χ3v) is 3.81. The first-order valence-corrected chi connectivity index (χ1v) is 7.96. The van der Waals surface area contributed by atoms with Gasteiger partial charge in [-0.2, -0.15) is 0 Å². The predicted octanol–water partition coefficient (Wildman–Crippen LogP) is 3.22. The molecule has 1 aliphatic rings. The highest BCUT2D eigenvalue weighted by Crippen LogP contribution is 2.23. The van der Waals surface area contributed by atoms with Crippen molar-refractivity contribution in [1.82, 2.24) is 10.3 Å². The third kappa shape index (κ3) is 4.97. The second-order valence-electron chi connectivity index (χ2n) is 6.40. The van der Waals surface area contributed by atoms with Gasteiger partial charge >= 0.3 is 0 Å². The number of pyridine rings is 1. The minimum Gasteiger partial charge on any atom is -0.474 e. The highest BCUT2D eigenvalue weighted by molar-refractivity contribution is 5.25. The van der Waals surface area contributed by atoms with Crippen molar-refractivity contribution in [3.05, 3.63) is 23.4 Å². The Hall–Kier alpha value is -1.13. The zero-order valence-electron chi connectivity index (χ0n) is 13.8. The first kappa shape index (κ1) is 16.2. The molecule has 1 fully saturated rings. The Morgan fingerprint density at radius 3 is 2.52 bits per heavy atom. The summed E-state index contributed by atoms with van der Waals surface area (Å²) in [5, 5.41) is 3.42. The maximum Gasteiger partial charge on any atom is 0.213 e. The van der Waals surface area contributed by atoms with Crippen LogP contribution >= 0.6 is 0 Å². The van der Waals surface area contributed by atoms with Crippen LogP contribution in [-0.2, 0) is 11.3 Å². The number of rotatable bonds is 5. The van der Waals surface area contributed by atoms with Gasteiger partial charge in [0.25, 0.3) is 0 Å². The van der Waals surface area contributed by atoms with E-state index in [1.165, 1.54) is 5.56 Å². The molecular weight excluding hydrogens is 264 g/mol. The largest absolute Gasteiger partial charge is 0.474 e. The SMILES string of the molecule is Cc1nc(OC2CC(C)OC(C)C2)ccc1CNC(C)C. The van der Waals surface area contributed by atoms with Crippen molar-refractivity contribution in [1.29, 1.82) is 0 Å². The maximum atomic E-state index is 6.05. The fourth-order valence-corrected chi connectivity index (χ4v) is 2.74. The lowest BCUT2D eigenvalue weighted by molar-refractivity contribution is -0.0729. The minimum atomic E-state index is 0.204. The minimum absolute atomic E-state index is 0.204. The molecule has 0 bridgehead atoms. The number of hydrogen-bond acceptors (Lipinski definition) is 4. The van der Waals surface area contributed by atoms with Gasteiger partial charge in [0.2, 0.25) is 5.88 Å². The Balaban J connectivity index is 1.96. The number of nitrogens with zero attached hydrogens (tertiary/aromatic N) is 1. The summed E-state index contributed by atoms with van der Waals surface area (Å²) in [6.07, 6.45) is 2.59. The van der Waals surface area contributed by atoms with Crippen LogP contribution in [0.15, 0.2) is 12.1 Å². The molecule has 2 unspecified atom stereocenters. The molecule has 2 atom stereocenters. The number of nitrogens with one attached hydrogen (secondary N) is 1.